The van der Waals surface area contributed by atoms with Crippen molar-refractivity contribution < 1.29 is 9.00 Å². The highest BCUT2D eigenvalue weighted by Gasteiger charge is 2.42. The van der Waals surface area contributed by atoms with E-state index in [1.807, 2.05) is 29.2 Å². The van der Waals surface area contributed by atoms with Gasteiger partial charge in [-0.2, -0.15) is 0 Å². The molecule has 1 amide bonds. The maximum Gasteiger partial charge on any atom is 0.222 e. The van der Waals surface area contributed by atoms with Gasteiger partial charge in [0.05, 0.1) is 10.8 Å². The molecule has 7 heteroatoms. The van der Waals surface area contributed by atoms with Gasteiger partial charge in [0, 0.05) is 40.7 Å². The molecule has 4 unspecified atom stereocenters. The molecule has 3 rings (SSSR count). The van der Waals surface area contributed by atoms with Gasteiger partial charge >= 0.3 is 0 Å². The Morgan fingerprint density at radius 2 is 1.96 bits per heavy atom. The molecule has 0 radical (unpaired) electrons. The summed E-state index contributed by atoms with van der Waals surface area (Å²) >= 11 is 3.37. The third-order valence-electron chi connectivity index (χ3n) is 5.06. The third-order valence-corrected chi connectivity index (χ3v) is 7.05. The Morgan fingerprint density at radius 1 is 1.25 bits per heavy atom. The van der Waals surface area contributed by atoms with Gasteiger partial charge in [-0.1, -0.05) is 15.9 Å². The lowest BCUT2D eigenvalue weighted by Gasteiger charge is -2.18. The second kappa shape index (κ2) is 8.79. The first-order chi connectivity index (χ1) is 11.0. The summed E-state index contributed by atoms with van der Waals surface area (Å²) in [6, 6.07) is 7.79. The Balaban J connectivity index is 0.00000208. The molecule has 4 nitrogen and oxygen atoms in total. The molecule has 0 bridgehead atoms. The fourth-order valence-electron chi connectivity index (χ4n) is 3.73. The van der Waals surface area contributed by atoms with Crippen LogP contribution in [0.3, 0.4) is 0 Å². The number of amides is 1. The van der Waals surface area contributed by atoms with Crippen molar-refractivity contribution in [3.8, 4) is 0 Å². The Hall–Kier alpha value is -0.430. The summed E-state index contributed by atoms with van der Waals surface area (Å²) in [5.41, 5.74) is 6.12. The maximum atomic E-state index is 12.3. The van der Waals surface area contributed by atoms with Gasteiger partial charge in [0.25, 0.3) is 0 Å². The van der Waals surface area contributed by atoms with E-state index < -0.39 is 10.8 Å². The minimum atomic E-state index is -1.03. The van der Waals surface area contributed by atoms with Crippen LogP contribution >= 0.6 is 28.3 Å². The number of rotatable bonds is 5. The predicted octanol–water partition coefficient (Wildman–Crippen LogP) is 2.95. The number of nitrogens with zero attached hydrogens (tertiary/aromatic N) is 1. The second-order valence-electron chi connectivity index (χ2n) is 6.57. The summed E-state index contributed by atoms with van der Waals surface area (Å²) in [4.78, 5) is 15.1. The summed E-state index contributed by atoms with van der Waals surface area (Å²) in [5.74, 6) is 1.83. The van der Waals surface area contributed by atoms with Gasteiger partial charge in [-0.3, -0.25) is 9.00 Å². The van der Waals surface area contributed by atoms with Crippen LogP contribution < -0.4 is 5.73 Å². The van der Waals surface area contributed by atoms with Crippen LogP contribution in [-0.2, 0) is 15.6 Å². The van der Waals surface area contributed by atoms with Crippen LogP contribution in [0.5, 0.6) is 0 Å². The Labute approximate surface area is 160 Å². The van der Waals surface area contributed by atoms with Crippen LogP contribution in [0.4, 0.5) is 0 Å². The molecular weight excluding hydrogens is 412 g/mol. The molecule has 1 saturated carbocycles. The van der Waals surface area contributed by atoms with Gasteiger partial charge in [-0.15, -0.1) is 12.4 Å². The molecular formula is C17H24BrClN2O2S. The molecule has 2 N–H and O–H groups in total. The summed E-state index contributed by atoms with van der Waals surface area (Å²) in [6.45, 7) is 1.69. The van der Waals surface area contributed by atoms with Crippen molar-refractivity contribution in [3.63, 3.8) is 0 Å². The normalized spacial score (nSPS) is 26.8. The third kappa shape index (κ3) is 4.59. The molecule has 1 aliphatic heterocycles. The zero-order valence-corrected chi connectivity index (χ0v) is 16.7. The van der Waals surface area contributed by atoms with Crippen LogP contribution in [-0.4, -0.2) is 39.9 Å². The van der Waals surface area contributed by atoms with Crippen LogP contribution in [0.2, 0.25) is 0 Å². The molecule has 2 fully saturated rings. The average molecular weight is 436 g/mol. The minimum Gasteiger partial charge on any atom is -0.342 e. The molecule has 0 spiro atoms. The van der Waals surface area contributed by atoms with Gasteiger partial charge in [0.2, 0.25) is 5.91 Å². The van der Waals surface area contributed by atoms with Crippen LogP contribution in [0, 0.1) is 11.8 Å². The minimum absolute atomic E-state index is 0. The number of hydrogen-bond donors (Lipinski definition) is 1. The first kappa shape index (κ1) is 19.9. The van der Waals surface area contributed by atoms with Crippen molar-refractivity contribution in [2.45, 2.75) is 36.6 Å². The maximum absolute atomic E-state index is 12.3. The molecule has 1 aromatic rings. The van der Waals surface area contributed by atoms with Gasteiger partial charge < -0.3 is 10.6 Å². The van der Waals surface area contributed by atoms with E-state index in [0.717, 1.165) is 35.3 Å². The zero-order chi connectivity index (χ0) is 16.4. The number of carbonyl (C=O) groups excluding carboxylic acids is 1. The van der Waals surface area contributed by atoms with E-state index in [9.17, 15) is 9.00 Å². The fourth-order valence-corrected chi connectivity index (χ4v) is 5.07. The van der Waals surface area contributed by atoms with E-state index in [1.165, 1.54) is 0 Å². The molecule has 2 aliphatic rings. The van der Waals surface area contributed by atoms with E-state index in [2.05, 4.69) is 15.9 Å². The number of hydrogen-bond acceptors (Lipinski definition) is 3. The zero-order valence-electron chi connectivity index (χ0n) is 13.5. The van der Waals surface area contributed by atoms with Crippen molar-refractivity contribution in [2.24, 2.45) is 17.6 Å². The van der Waals surface area contributed by atoms with E-state index in [4.69, 9.17) is 5.73 Å². The number of carbonyl (C=O) groups is 1. The highest BCUT2D eigenvalue weighted by molar-refractivity contribution is 9.10. The summed E-state index contributed by atoms with van der Waals surface area (Å²) in [5, 5.41) is 0. The molecule has 1 saturated heterocycles. The predicted molar refractivity (Wildman–Crippen MR) is 103 cm³/mol. The Bertz CT molecular complexity index is 599. The van der Waals surface area contributed by atoms with Gasteiger partial charge in [0.1, 0.15) is 0 Å². The first-order valence-corrected chi connectivity index (χ1v) is 10.3. The monoisotopic (exact) mass is 434 g/mol. The number of fused-ring (bicyclic) bond motifs is 1. The number of benzene rings is 1. The Morgan fingerprint density at radius 3 is 2.62 bits per heavy atom. The van der Waals surface area contributed by atoms with E-state index in [0.29, 0.717) is 30.4 Å². The number of halogens is 2. The first-order valence-electron chi connectivity index (χ1n) is 8.22. The average Bonchev–Trinajstić information content (AvgIpc) is 3.10. The van der Waals surface area contributed by atoms with E-state index >= 15 is 0 Å². The summed E-state index contributed by atoms with van der Waals surface area (Å²) in [7, 11) is -1.03. The van der Waals surface area contributed by atoms with Crippen molar-refractivity contribution in [1.82, 2.24) is 4.90 Å². The lowest BCUT2D eigenvalue weighted by Crippen LogP contribution is -2.33. The molecule has 1 aliphatic carbocycles. The van der Waals surface area contributed by atoms with Gasteiger partial charge in [0.15, 0.2) is 0 Å². The lowest BCUT2D eigenvalue weighted by atomic mass is 9.98. The van der Waals surface area contributed by atoms with Gasteiger partial charge in [-0.25, -0.2) is 0 Å². The van der Waals surface area contributed by atoms with Crippen LogP contribution in [0.25, 0.3) is 0 Å². The van der Waals surface area contributed by atoms with Crippen LogP contribution in [0.1, 0.15) is 25.7 Å². The summed E-state index contributed by atoms with van der Waals surface area (Å²) in [6.07, 6.45) is 3.41. The molecule has 4 atom stereocenters. The van der Waals surface area contributed by atoms with Crippen LogP contribution in [0.15, 0.2) is 33.6 Å². The molecule has 24 heavy (non-hydrogen) atoms. The van der Waals surface area contributed by atoms with Crippen molar-refractivity contribution in [2.75, 3.05) is 18.8 Å². The highest BCUT2D eigenvalue weighted by Crippen LogP contribution is 2.37. The quantitative estimate of drug-likeness (QED) is 0.773. The standard InChI is InChI=1S/C17H23BrN2O2S.ClH/c18-13-4-6-14(7-5-13)23(22)9-1-2-17(21)20-10-12-3-8-16(19)15(12)11-20;/h4-7,12,15-16H,1-3,8-11,19H2;1H. The molecule has 1 aromatic carbocycles. The smallest absolute Gasteiger partial charge is 0.222 e. The fraction of sp³-hybridized carbons (Fsp3) is 0.588. The highest BCUT2D eigenvalue weighted by atomic mass is 79.9. The van der Waals surface area contributed by atoms with E-state index in [1.54, 1.807) is 0 Å². The number of likely N-dealkylation sites (tertiary alicyclic amines) is 1. The van der Waals surface area contributed by atoms with Crippen molar-refractivity contribution in [3.05, 3.63) is 28.7 Å². The largest absolute Gasteiger partial charge is 0.342 e. The van der Waals surface area contributed by atoms with E-state index in [-0.39, 0.29) is 24.4 Å². The second-order valence-corrected chi connectivity index (χ2v) is 9.06. The topological polar surface area (TPSA) is 63.4 Å². The van der Waals surface area contributed by atoms with Crippen molar-refractivity contribution in [1.29, 1.82) is 0 Å². The molecule has 0 aromatic heterocycles. The molecule has 1 heterocycles. The lowest BCUT2D eigenvalue weighted by molar-refractivity contribution is -0.130. The summed E-state index contributed by atoms with van der Waals surface area (Å²) < 4.78 is 13.2. The van der Waals surface area contributed by atoms with Gasteiger partial charge in [-0.05, 0) is 55.4 Å². The van der Waals surface area contributed by atoms with Crippen molar-refractivity contribution >= 4 is 45.0 Å². The SMILES string of the molecule is Cl.NC1CCC2CN(C(=O)CCCS(=O)c3ccc(Br)cc3)CC12. The molecule has 134 valence electrons. The number of nitrogens with two attached hydrogens (primary N) is 1. The Kier molecular flexibility index (Phi) is 7.28.